The van der Waals surface area contributed by atoms with Crippen molar-refractivity contribution in [3.63, 3.8) is 0 Å². The van der Waals surface area contributed by atoms with Crippen LogP contribution in [0.2, 0.25) is 0 Å². The average Bonchev–Trinajstić information content (AvgIpc) is 2.48. The number of aliphatic hydroxyl groups is 1. The molecule has 114 valence electrons. The molecule has 0 fully saturated rings. The van der Waals surface area contributed by atoms with E-state index in [1.807, 2.05) is 26.0 Å². The van der Waals surface area contributed by atoms with Crippen LogP contribution in [-0.4, -0.2) is 37.4 Å². The monoisotopic (exact) mass is 289 g/mol. The minimum absolute atomic E-state index is 0.0477. The molecule has 2 N–H and O–H groups in total. The Morgan fingerprint density at radius 2 is 2.24 bits per heavy atom. The molecule has 4 heteroatoms. The number of carbonyl (C=O) groups excluding carboxylic acids is 1. The van der Waals surface area contributed by atoms with E-state index in [0.29, 0.717) is 31.7 Å². The second-order valence-electron chi connectivity index (χ2n) is 4.61. The number of hydrogen-bond acceptors (Lipinski definition) is 3. The average molecular weight is 289 g/mol. The molecule has 0 spiro atoms. The molecule has 0 unspecified atom stereocenters. The fraction of sp³-hybridized carbons (Fsp3) is 0.471. The van der Waals surface area contributed by atoms with Crippen molar-refractivity contribution in [2.45, 2.75) is 26.7 Å². The zero-order valence-electron chi connectivity index (χ0n) is 12.7. The summed E-state index contributed by atoms with van der Waals surface area (Å²) in [5.74, 6) is 5.71. The molecule has 21 heavy (non-hydrogen) atoms. The Hall–Kier alpha value is -1.83. The quantitative estimate of drug-likeness (QED) is 0.595. The van der Waals surface area contributed by atoms with Gasteiger partial charge in [0.2, 0.25) is 0 Å². The number of ether oxygens (including phenoxy) is 1. The molecule has 0 aliphatic carbocycles. The minimum Gasteiger partial charge on any atom is -0.395 e. The van der Waals surface area contributed by atoms with Crippen LogP contribution in [0.5, 0.6) is 0 Å². The van der Waals surface area contributed by atoms with E-state index >= 15 is 0 Å². The second kappa shape index (κ2) is 9.98. The summed E-state index contributed by atoms with van der Waals surface area (Å²) in [6.45, 7) is 5.85. The molecule has 0 heterocycles. The third-order valence-corrected chi connectivity index (χ3v) is 2.91. The van der Waals surface area contributed by atoms with E-state index in [0.717, 1.165) is 17.5 Å². The van der Waals surface area contributed by atoms with Crippen molar-refractivity contribution in [2.75, 3.05) is 26.4 Å². The van der Waals surface area contributed by atoms with Gasteiger partial charge in [0, 0.05) is 37.3 Å². The van der Waals surface area contributed by atoms with Crippen molar-refractivity contribution in [1.82, 2.24) is 5.32 Å². The lowest BCUT2D eigenvalue weighted by Crippen LogP contribution is -2.26. The van der Waals surface area contributed by atoms with Crippen molar-refractivity contribution in [3.8, 4) is 11.8 Å². The lowest BCUT2D eigenvalue weighted by atomic mass is 10.0. The van der Waals surface area contributed by atoms with E-state index in [1.54, 1.807) is 6.07 Å². The van der Waals surface area contributed by atoms with Gasteiger partial charge in [-0.05, 0) is 38.0 Å². The van der Waals surface area contributed by atoms with Gasteiger partial charge in [0.15, 0.2) is 0 Å². The van der Waals surface area contributed by atoms with Gasteiger partial charge in [-0.15, -0.1) is 0 Å². The summed E-state index contributed by atoms with van der Waals surface area (Å²) in [7, 11) is 0. The predicted octanol–water partition coefficient (Wildman–Crippen LogP) is 1.89. The molecule has 1 rings (SSSR count). The number of nitrogens with one attached hydrogen (secondary N) is 1. The van der Waals surface area contributed by atoms with Crippen LogP contribution >= 0.6 is 0 Å². The summed E-state index contributed by atoms with van der Waals surface area (Å²) in [4.78, 5) is 12.1. The summed E-state index contributed by atoms with van der Waals surface area (Å²) >= 11 is 0. The molecule has 0 radical (unpaired) electrons. The van der Waals surface area contributed by atoms with E-state index in [1.165, 1.54) is 0 Å². The highest BCUT2D eigenvalue weighted by Gasteiger charge is 2.08. The number of amides is 1. The Kier molecular flexibility index (Phi) is 8.18. The van der Waals surface area contributed by atoms with Crippen molar-refractivity contribution in [2.24, 2.45) is 0 Å². The molecule has 0 aromatic heterocycles. The van der Waals surface area contributed by atoms with Crippen LogP contribution in [0.15, 0.2) is 18.2 Å². The Balaban J connectivity index is 2.62. The van der Waals surface area contributed by atoms with Gasteiger partial charge < -0.3 is 15.2 Å². The van der Waals surface area contributed by atoms with E-state index in [-0.39, 0.29) is 12.5 Å². The zero-order valence-corrected chi connectivity index (χ0v) is 12.7. The molecule has 0 atom stereocenters. The molecule has 0 aliphatic rings. The number of aliphatic hydroxyl groups excluding tert-OH is 1. The molecule has 0 saturated heterocycles. The van der Waals surface area contributed by atoms with Gasteiger partial charge in [0.25, 0.3) is 5.91 Å². The van der Waals surface area contributed by atoms with Gasteiger partial charge in [-0.1, -0.05) is 17.9 Å². The maximum absolute atomic E-state index is 12.1. The fourth-order valence-electron chi connectivity index (χ4n) is 1.78. The second-order valence-corrected chi connectivity index (χ2v) is 4.61. The van der Waals surface area contributed by atoms with Crippen LogP contribution in [0.25, 0.3) is 0 Å². The number of aryl methyl sites for hydroxylation is 1. The van der Waals surface area contributed by atoms with Crippen LogP contribution in [-0.2, 0) is 4.74 Å². The number of hydrogen-bond donors (Lipinski definition) is 2. The first-order valence-corrected chi connectivity index (χ1v) is 7.25. The lowest BCUT2D eigenvalue weighted by Gasteiger charge is -2.08. The third-order valence-electron chi connectivity index (χ3n) is 2.91. The summed E-state index contributed by atoms with van der Waals surface area (Å²) in [5, 5.41) is 11.6. The minimum atomic E-state index is -0.0881. The van der Waals surface area contributed by atoms with E-state index in [9.17, 15) is 4.79 Å². The summed E-state index contributed by atoms with van der Waals surface area (Å²) in [5.41, 5.74) is 2.35. The summed E-state index contributed by atoms with van der Waals surface area (Å²) in [6.07, 6.45) is 1.24. The molecule has 1 aromatic carbocycles. The highest BCUT2D eigenvalue weighted by atomic mass is 16.5. The highest BCUT2D eigenvalue weighted by molar-refractivity contribution is 5.96. The molecule has 4 nitrogen and oxygen atoms in total. The van der Waals surface area contributed by atoms with E-state index < -0.39 is 0 Å². The van der Waals surface area contributed by atoms with Gasteiger partial charge in [-0.2, -0.15) is 0 Å². The number of benzene rings is 1. The van der Waals surface area contributed by atoms with Crippen LogP contribution in [0.4, 0.5) is 0 Å². The topological polar surface area (TPSA) is 58.6 Å². The Morgan fingerprint density at radius 3 is 2.95 bits per heavy atom. The lowest BCUT2D eigenvalue weighted by molar-refractivity contribution is 0.0943. The molecular formula is C17H23NO3. The van der Waals surface area contributed by atoms with Crippen LogP contribution < -0.4 is 5.32 Å². The molecule has 1 amide bonds. The van der Waals surface area contributed by atoms with Gasteiger partial charge in [0.1, 0.15) is 0 Å². The SMILES string of the molecule is CCOCCCNC(=O)c1cc(C#CCCO)ccc1C. The first kappa shape index (κ1) is 17.2. The van der Waals surface area contributed by atoms with E-state index in [4.69, 9.17) is 9.84 Å². The molecule has 0 aliphatic heterocycles. The Labute approximate surface area is 126 Å². The van der Waals surface area contributed by atoms with Crippen molar-refractivity contribution in [3.05, 3.63) is 34.9 Å². The standard InChI is InChI=1S/C17H23NO3/c1-3-21-12-6-10-18-17(20)16-13-15(7-4-5-11-19)9-8-14(16)2/h8-9,13,19H,3,5-6,10-12H2,1-2H3,(H,18,20). The number of carbonyl (C=O) groups is 1. The smallest absolute Gasteiger partial charge is 0.251 e. The zero-order chi connectivity index (χ0) is 15.5. The molecular weight excluding hydrogens is 266 g/mol. The highest BCUT2D eigenvalue weighted by Crippen LogP contribution is 2.10. The first-order chi connectivity index (χ1) is 10.2. The van der Waals surface area contributed by atoms with E-state index in [2.05, 4.69) is 17.2 Å². The summed E-state index contributed by atoms with van der Waals surface area (Å²) < 4.78 is 5.23. The molecule has 0 saturated carbocycles. The maximum atomic E-state index is 12.1. The van der Waals surface area contributed by atoms with Crippen LogP contribution in [0.3, 0.4) is 0 Å². The van der Waals surface area contributed by atoms with Crippen molar-refractivity contribution in [1.29, 1.82) is 0 Å². The van der Waals surface area contributed by atoms with Crippen LogP contribution in [0.1, 0.15) is 41.3 Å². The largest absolute Gasteiger partial charge is 0.395 e. The Bertz CT molecular complexity index is 515. The maximum Gasteiger partial charge on any atom is 0.251 e. The fourth-order valence-corrected chi connectivity index (χ4v) is 1.78. The third kappa shape index (κ3) is 6.44. The van der Waals surface area contributed by atoms with Gasteiger partial charge in [0.05, 0.1) is 6.61 Å². The Morgan fingerprint density at radius 1 is 1.43 bits per heavy atom. The van der Waals surface area contributed by atoms with Crippen LogP contribution in [0, 0.1) is 18.8 Å². The molecule has 0 bridgehead atoms. The first-order valence-electron chi connectivity index (χ1n) is 7.25. The summed E-state index contributed by atoms with van der Waals surface area (Å²) in [6, 6.07) is 5.56. The van der Waals surface area contributed by atoms with Crippen molar-refractivity contribution < 1.29 is 14.6 Å². The molecule has 1 aromatic rings. The number of rotatable bonds is 7. The predicted molar refractivity (Wildman–Crippen MR) is 83.2 cm³/mol. The van der Waals surface area contributed by atoms with Gasteiger partial charge >= 0.3 is 0 Å². The van der Waals surface area contributed by atoms with Crippen molar-refractivity contribution >= 4 is 5.91 Å². The van der Waals surface area contributed by atoms with Gasteiger partial charge in [-0.25, -0.2) is 0 Å². The van der Waals surface area contributed by atoms with Gasteiger partial charge in [-0.3, -0.25) is 4.79 Å². The normalized spacial score (nSPS) is 9.86.